The summed E-state index contributed by atoms with van der Waals surface area (Å²) in [4.78, 5) is 14.3. The molecule has 0 saturated carbocycles. The highest BCUT2D eigenvalue weighted by Crippen LogP contribution is 2.27. The van der Waals surface area contributed by atoms with Gasteiger partial charge in [-0.25, -0.2) is 0 Å². The first kappa shape index (κ1) is 12.6. The number of nitrogens with zero attached hydrogens (tertiary/aromatic N) is 1. The quantitative estimate of drug-likeness (QED) is 0.824. The molecule has 1 aromatic rings. The zero-order valence-corrected chi connectivity index (χ0v) is 11.0. The SMILES string of the molecule is O=C([C@@H]1C[C@H](O)CN1)N1CC[C@H](c2ccccc2)C1. The molecule has 0 radical (unpaired) electrons. The molecule has 0 aromatic heterocycles. The molecule has 102 valence electrons. The van der Waals surface area contributed by atoms with Crippen molar-refractivity contribution in [3.8, 4) is 0 Å². The summed E-state index contributed by atoms with van der Waals surface area (Å²) in [5, 5.41) is 12.6. The number of likely N-dealkylation sites (tertiary alicyclic amines) is 1. The number of β-amino-alcohol motifs (C(OH)–C–C–N with tert-alkyl or cyclic N) is 1. The fourth-order valence-corrected chi connectivity index (χ4v) is 3.08. The van der Waals surface area contributed by atoms with Crippen LogP contribution >= 0.6 is 0 Å². The fourth-order valence-electron chi connectivity index (χ4n) is 3.08. The summed E-state index contributed by atoms with van der Waals surface area (Å²) in [5.41, 5.74) is 1.32. The van der Waals surface area contributed by atoms with Crippen LogP contribution in [0.2, 0.25) is 0 Å². The lowest BCUT2D eigenvalue weighted by Gasteiger charge is -2.20. The summed E-state index contributed by atoms with van der Waals surface area (Å²) in [6.07, 6.45) is 1.21. The molecule has 2 aliphatic heterocycles. The average Bonchev–Trinajstić information content (AvgIpc) is 3.08. The van der Waals surface area contributed by atoms with E-state index in [2.05, 4.69) is 29.6 Å². The van der Waals surface area contributed by atoms with E-state index >= 15 is 0 Å². The molecule has 3 rings (SSSR count). The predicted molar refractivity (Wildman–Crippen MR) is 72.8 cm³/mol. The van der Waals surface area contributed by atoms with Crippen LogP contribution in [0.4, 0.5) is 0 Å². The van der Waals surface area contributed by atoms with E-state index in [1.54, 1.807) is 0 Å². The maximum atomic E-state index is 12.3. The largest absolute Gasteiger partial charge is 0.392 e. The molecule has 2 fully saturated rings. The van der Waals surface area contributed by atoms with Crippen molar-refractivity contribution >= 4 is 5.91 Å². The van der Waals surface area contributed by atoms with E-state index in [0.717, 1.165) is 19.5 Å². The first-order valence-electron chi connectivity index (χ1n) is 6.99. The molecule has 2 aliphatic rings. The lowest BCUT2D eigenvalue weighted by Crippen LogP contribution is -2.42. The number of carbonyl (C=O) groups is 1. The Morgan fingerprint density at radius 2 is 2.11 bits per heavy atom. The van der Waals surface area contributed by atoms with Crippen LogP contribution in [0.15, 0.2) is 30.3 Å². The van der Waals surface area contributed by atoms with Crippen molar-refractivity contribution in [1.82, 2.24) is 10.2 Å². The van der Waals surface area contributed by atoms with E-state index in [0.29, 0.717) is 18.9 Å². The minimum Gasteiger partial charge on any atom is -0.392 e. The van der Waals surface area contributed by atoms with E-state index in [-0.39, 0.29) is 18.1 Å². The van der Waals surface area contributed by atoms with Gasteiger partial charge in [0.05, 0.1) is 12.1 Å². The first-order valence-corrected chi connectivity index (χ1v) is 6.99. The standard InChI is InChI=1S/C15H20N2O2/c18-13-8-14(16-9-13)15(19)17-7-6-12(10-17)11-4-2-1-3-5-11/h1-5,12-14,16,18H,6-10H2/t12-,13-,14-/m0/s1. The lowest BCUT2D eigenvalue weighted by molar-refractivity contribution is -0.132. The van der Waals surface area contributed by atoms with Gasteiger partial charge in [-0.2, -0.15) is 0 Å². The van der Waals surface area contributed by atoms with Gasteiger partial charge in [0.2, 0.25) is 5.91 Å². The topological polar surface area (TPSA) is 52.6 Å². The third-order valence-electron chi connectivity index (χ3n) is 4.18. The summed E-state index contributed by atoms with van der Waals surface area (Å²) >= 11 is 0. The first-order chi connectivity index (χ1) is 9.24. The molecule has 1 amide bonds. The molecule has 0 aliphatic carbocycles. The van der Waals surface area contributed by atoms with Crippen molar-refractivity contribution in [1.29, 1.82) is 0 Å². The summed E-state index contributed by atoms with van der Waals surface area (Å²) < 4.78 is 0. The molecule has 4 nitrogen and oxygen atoms in total. The zero-order valence-electron chi connectivity index (χ0n) is 11.0. The molecule has 2 heterocycles. The highest BCUT2D eigenvalue weighted by atomic mass is 16.3. The number of carbonyl (C=O) groups excluding carboxylic acids is 1. The van der Waals surface area contributed by atoms with Gasteiger partial charge in [-0.1, -0.05) is 30.3 Å². The number of rotatable bonds is 2. The molecule has 0 bridgehead atoms. The van der Waals surface area contributed by atoms with Gasteiger partial charge in [0.1, 0.15) is 0 Å². The average molecular weight is 260 g/mol. The smallest absolute Gasteiger partial charge is 0.239 e. The van der Waals surface area contributed by atoms with Crippen LogP contribution in [-0.2, 0) is 4.79 Å². The Kier molecular flexibility index (Phi) is 3.53. The van der Waals surface area contributed by atoms with Crippen molar-refractivity contribution in [2.45, 2.75) is 30.9 Å². The van der Waals surface area contributed by atoms with Gasteiger partial charge in [-0.05, 0) is 18.4 Å². The Labute approximate surface area is 113 Å². The van der Waals surface area contributed by atoms with Crippen molar-refractivity contribution in [2.24, 2.45) is 0 Å². The van der Waals surface area contributed by atoms with Crippen molar-refractivity contribution in [3.05, 3.63) is 35.9 Å². The van der Waals surface area contributed by atoms with Crippen molar-refractivity contribution in [2.75, 3.05) is 19.6 Å². The minimum atomic E-state index is -0.374. The monoisotopic (exact) mass is 260 g/mol. The molecule has 2 saturated heterocycles. The van der Waals surface area contributed by atoms with Gasteiger partial charge in [-0.15, -0.1) is 0 Å². The normalized spacial score (nSPS) is 30.8. The second-order valence-corrected chi connectivity index (χ2v) is 5.53. The van der Waals surface area contributed by atoms with E-state index < -0.39 is 0 Å². The Hall–Kier alpha value is -1.39. The van der Waals surface area contributed by atoms with Gasteiger partial charge in [0, 0.05) is 25.6 Å². The van der Waals surface area contributed by atoms with Crippen LogP contribution in [0, 0.1) is 0 Å². The highest BCUT2D eigenvalue weighted by molar-refractivity contribution is 5.82. The van der Waals surface area contributed by atoms with Gasteiger partial charge in [0.15, 0.2) is 0 Å². The van der Waals surface area contributed by atoms with E-state index in [1.807, 2.05) is 11.0 Å². The van der Waals surface area contributed by atoms with Crippen LogP contribution < -0.4 is 5.32 Å². The van der Waals surface area contributed by atoms with Gasteiger partial charge in [0.25, 0.3) is 0 Å². The fraction of sp³-hybridized carbons (Fsp3) is 0.533. The van der Waals surface area contributed by atoms with Crippen LogP contribution in [0.3, 0.4) is 0 Å². The van der Waals surface area contributed by atoms with E-state index in [9.17, 15) is 9.90 Å². The summed E-state index contributed by atoms with van der Waals surface area (Å²) in [6, 6.07) is 10.2. The second-order valence-electron chi connectivity index (χ2n) is 5.53. The Bertz CT molecular complexity index is 449. The van der Waals surface area contributed by atoms with Crippen LogP contribution in [0.25, 0.3) is 0 Å². The Morgan fingerprint density at radius 3 is 2.79 bits per heavy atom. The maximum Gasteiger partial charge on any atom is 0.239 e. The molecule has 1 aromatic carbocycles. The Morgan fingerprint density at radius 1 is 1.32 bits per heavy atom. The minimum absolute atomic E-state index is 0.148. The van der Waals surface area contributed by atoms with Crippen LogP contribution in [0.1, 0.15) is 24.3 Å². The van der Waals surface area contributed by atoms with Crippen LogP contribution in [-0.4, -0.2) is 47.7 Å². The van der Waals surface area contributed by atoms with Gasteiger partial charge >= 0.3 is 0 Å². The van der Waals surface area contributed by atoms with Gasteiger partial charge in [-0.3, -0.25) is 4.79 Å². The summed E-state index contributed by atoms with van der Waals surface area (Å²) in [6.45, 7) is 2.16. The van der Waals surface area contributed by atoms with E-state index in [1.165, 1.54) is 5.56 Å². The molecule has 0 unspecified atom stereocenters. The zero-order chi connectivity index (χ0) is 13.2. The van der Waals surface area contributed by atoms with E-state index in [4.69, 9.17) is 0 Å². The van der Waals surface area contributed by atoms with Gasteiger partial charge < -0.3 is 15.3 Å². The summed E-state index contributed by atoms with van der Waals surface area (Å²) in [7, 11) is 0. The van der Waals surface area contributed by atoms with Crippen LogP contribution in [0.5, 0.6) is 0 Å². The predicted octanol–water partition coefficient (Wildman–Crippen LogP) is 0.725. The highest BCUT2D eigenvalue weighted by Gasteiger charge is 2.34. The molecule has 2 N–H and O–H groups in total. The molecular formula is C15H20N2O2. The summed E-state index contributed by atoms with van der Waals surface area (Å²) in [5.74, 6) is 0.603. The third kappa shape index (κ3) is 2.65. The number of hydrogen-bond donors (Lipinski definition) is 2. The molecule has 19 heavy (non-hydrogen) atoms. The number of amides is 1. The third-order valence-corrected chi connectivity index (χ3v) is 4.18. The molecule has 4 heteroatoms. The number of benzene rings is 1. The molecule has 0 spiro atoms. The number of nitrogens with one attached hydrogen (secondary N) is 1. The Balaban J connectivity index is 1.61. The number of hydrogen-bond acceptors (Lipinski definition) is 3. The van der Waals surface area contributed by atoms with Crippen molar-refractivity contribution < 1.29 is 9.90 Å². The maximum absolute atomic E-state index is 12.3. The molecular weight excluding hydrogens is 240 g/mol. The number of aliphatic hydroxyl groups excluding tert-OH is 1. The van der Waals surface area contributed by atoms with Crippen molar-refractivity contribution in [3.63, 3.8) is 0 Å². The second kappa shape index (κ2) is 5.31. The number of aliphatic hydroxyl groups is 1. The molecule has 3 atom stereocenters. The lowest BCUT2D eigenvalue weighted by atomic mass is 9.99.